The molecule has 0 fully saturated rings. The summed E-state index contributed by atoms with van der Waals surface area (Å²) in [5, 5.41) is 2.89. The number of nitrogens with one attached hydrogen (secondary N) is 1. The second-order valence-corrected chi connectivity index (χ2v) is 6.55. The summed E-state index contributed by atoms with van der Waals surface area (Å²) in [7, 11) is 1.64. The first kappa shape index (κ1) is 19.7. The van der Waals surface area contributed by atoms with Gasteiger partial charge >= 0.3 is 0 Å². The van der Waals surface area contributed by atoms with E-state index < -0.39 is 0 Å². The van der Waals surface area contributed by atoms with Gasteiger partial charge in [-0.1, -0.05) is 18.2 Å². The smallest absolute Gasteiger partial charge is 0.220 e. The predicted octanol–water partition coefficient (Wildman–Crippen LogP) is 3.18. The molecule has 0 atom stereocenters. The van der Waals surface area contributed by atoms with Gasteiger partial charge in [0.2, 0.25) is 5.91 Å². The molecule has 2 aromatic carbocycles. The molecule has 3 rings (SSSR count). The number of ketones is 1. The van der Waals surface area contributed by atoms with E-state index in [4.69, 9.17) is 14.2 Å². The summed E-state index contributed by atoms with van der Waals surface area (Å²) in [6, 6.07) is 13.0. The molecule has 0 radical (unpaired) electrons. The number of ether oxygens (including phenoxy) is 3. The van der Waals surface area contributed by atoms with Crippen LogP contribution in [0.5, 0.6) is 17.2 Å². The molecular formula is C22H25NO5. The molecule has 1 amide bonds. The van der Waals surface area contributed by atoms with Gasteiger partial charge in [0.1, 0.15) is 19.0 Å². The fraction of sp³-hybridized carbons (Fsp3) is 0.364. The highest BCUT2D eigenvalue weighted by Gasteiger charge is 2.15. The zero-order valence-corrected chi connectivity index (χ0v) is 16.0. The van der Waals surface area contributed by atoms with Crippen molar-refractivity contribution in [1.82, 2.24) is 5.32 Å². The molecule has 1 N–H and O–H groups in total. The Kier molecular flexibility index (Phi) is 6.89. The molecule has 0 saturated heterocycles. The predicted molar refractivity (Wildman–Crippen MR) is 105 cm³/mol. The quantitative estimate of drug-likeness (QED) is 0.673. The van der Waals surface area contributed by atoms with Crippen LogP contribution in [0.4, 0.5) is 0 Å². The van der Waals surface area contributed by atoms with Crippen LogP contribution in [-0.2, 0) is 11.2 Å². The van der Waals surface area contributed by atoms with Crippen molar-refractivity contribution in [3.8, 4) is 17.2 Å². The first-order valence-corrected chi connectivity index (χ1v) is 9.49. The van der Waals surface area contributed by atoms with Gasteiger partial charge in [-0.3, -0.25) is 9.59 Å². The number of para-hydroxylation sites is 1. The first-order valence-electron chi connectivity index (χ1n) is 9.49. The van der Waals surface area contributed by atoms with Gasteiger partial charge in [0.25, 0.3) is 0 Å². The Bertz CT molecular complexity index is 833. The molecule has 0 saturated carbocycles. The number of benzene rings is 2. The number of amides is 1. The van der Waals surface area contributed by atoms with Gasteiger partial charge in [-0.2, -0.15) is 0 Å². The summed E-state index contributed by atoms with van der Waals surface area (Å²) < 4.78 is 16.3. The number of carbonyl (C=O) groups excluding carboxylic acids is 2. The summed E-state index contributed by atoms with van der Waals surface area (Å²) in [5.74, 6) is 2.04. The lowest BCUT2D eigenvalue weighted by atomic mass is 10.0. The number of carbonyl (C=O) groups is 2. The average molecular weight is 383 g/mol. The van der Waals surface area contributed by atoms with Gasteiger partial charge in [-0.15, -0.1) is 0 Å². The zero-order chi connectivity index (χ0) is 19.8. The van der Waals surface area contributed by atoms with Crippen LogP contribution in [-0.4, -0.2) is 38.6 Å². The molecule has 6 heteroatoms. The highest BCUT2D eigenvalue weighted by atomic mass is 16.6. The minimum Gasteiger partial charge on any atom is -0.496 e. The molecule has 0 aliphatic carbocycles. The Hall–Kier alpha value is -3.02. The van der Waals surface area contributed by atoms with Crippen molar-refractivity contribution in [3.63, 3.8) is 0 Å². The molecule has 0 aromatic heterocycles. The topological polar surface area (TPSA) is 73.9 Å². The summed E-state index contributed by atoms with van der Waals surface area (Å²) in [6.07, 6.45) is 1.85. The highest BCUT2D eigenvalue weighted by molar-refractivity contribution is 5.96. The molecule has 0 bridgehead atoms. The van der Waals surface area contributed by atoms with Gasteiger partial charge in [0.15, 0.2) is 17.3 Å². The molecule has 1 aliphatic heterocycles. The molecule has 28 heavy (non-hydrogen) atoms. The second kappa shape index (κ2) is 9.78. The third kappa shape index (κ3) is 5.25. The van der Waals surface area contributed by atoms with Gasteiger partial charge in [-0.25, -0.2) is 0 Å². The van der Waals surface area contributed by atoms with Crippen LogP contribution < -0.4 is 19.5 Å². The van der Waals surface area contributed by atoms with Crippen LogP contribution in [0.15, 0.2) is 42.5 Å². The summed E-state index contributed by atoms with van der Waals surface area (Å²) in [4.78, 5) is 24.3. The van der Waals surface area contributed by atoms with Crippen LogP contribution in [0.25, 0.3) is 0 Å². The van der Waals surface area contributed by atoms with Crippen molar-refractivity contribution < 1.29 is 23.8 Å². The lowest BCUT2D eigenvalue weighted by Gasteiger charge is -2.18. The van der Waals surface area contributed by atoms with E-state index in [0.717, 1.165) is 11.3 Å². The molecule has 148 valence electrons. The Morgan fingerprint density at radius 3 is 2.64 bits per heavy atom. The monoisotopic (exact) mass is 383 g/mol. The normalized spacial score (nSPS) is 12.3. The SMILES string of the molecule is COc1ccccc1CCNC(=O)CCCC(=O)c1ccc2c(c1)OCCO2. The van der Waals surface area contributed by atoms with E-state index in [1.54, 1.807) is 25.3 Å². The summed E-state index contributed by atoms with van der Waals surface area (Å²) >= 11 is 0. The maximum Gasteiger partial charge on any atom is 0.220 e. The van der Waals surface area contributed by atoms with Crippen molar-refractivity contribution in [2.45, 2.75) is 25.7 Å². The third-order valence-electron chi connectivity index (χ3n) is 4.58. The van der Waals surface area contributed by atoms with Crippen molar-refractivity contribution in [1.29, 1.82) is 0 Å². The minimum atomic E-state index is -0.0510. The van der Waals surface area contributed by atoms with Crippen molar-refractivity contribution in [2.75, 3.05) is 26.9 Å². The largest absolute Gasteiger partial charge is 0.496 e. The second-order valence-electron chi connectivity index (χ2n) is 6.55. The number of Topliss-reactive ketones (excluding diaryl/α,β-unsaturated/α-hetero) is 1. The third-order valence-corrected chi connectivity index (χ3v) is 4.58. The standard InChI is InChI=1S/C22H25NO5/c1-26-19-7-3-2-5-16(19)11-12-23-22(25)8-4-6-18(24)17-9-10-20-21(15-17)28-14-13-27-20/h2-3,5,7,9-10,15H,4,6,8,11-14H2,1H3,(H,23,25). The van der Waals surface area contributed by atoms with Crippen molar-refractivity contribution in [3.05, 3.63) is 53.6 Å². The molecule has 0 unspecified atom stereocenters. The van der Waals surface area contributed by atoms with E-state index in [9.17, 15) is 9.59 Å². The molecule has 2 aromatic rings. The van der Waals surface area contributed by atoms with Crippen LogP contribution in [0.3, 0.4) is 0 Å². The van der Waals surface area contributed by atoms with Crippen LogP contribution in [0.2, 0.25) is 0 Å². The number of rotatable bonds is 9. The average Bonchev–Trinajstić information content (AvgIpc) is 2.73. The number of methoxy groups -OCH3 is 1. The first-order chi connectivity index (χ1) is 13.7. The fourth-order valence-corrected chi connectivity index (χ4v) is 3.11. The van der Waals surface area contributed by atoms with Gasteiger partial charge in [0.05, 0.1) is 7.11 Å². The number of hydrogen-bond donors (Lipinski definition) is 1. The van der Waals surface area contributed by atoms with Crippen molar-refractivity contribution >= 4 is 11.7 Å². The van der Waals surface area contributed by atoms with Crippen LogP contribution in [0.1, 0.15) is 35.2 Å². The lowest BCUT2D eigenvalue weighted by Crippen LogP contribution is -2.25. The molecular weight excluding hydrogens is 358 g/mol. The summed E-state index contributed by atoms with van der Waals surface area (Å²) in [6.45, 7) is 1.54. The van der Waals surface area contributed by atoms with E-state index in [1.807, 2.05) is 24.3 Å². The number of fused-ring (bicyclic) bond motifs is 1. The van der Waals surface area contributed by atoms with Crippen molar-refractivity contribution in [2.24, 2.45) is 0 Å². The Labute approximate surface area is 164 Å². The molecule has 6 nitrogen and oxygen atoms in total. The van der Waals surface area contributed by atoms with Gasteiger partial charge in [0, 0.05) is 24.9 Å². The highest BCUT2D eigenvalue weighted by Crippen LogP contribution is 2.31. The van der Waals surface area contributed by atoms with Crippen LogP contribution >= 0.6 is 0 Å². The molecule has 0 spiro atoms. The fourth-order valence-electron chi connectivity index (χ4n) is 3.11. The van der Waals surface area contributed by atoms with E-state index >= 15 is 0 Å². The summed E-state index contributed by atoms with van der Waals surface area (Å²) in [5.41, 5.74) is 1.64. The van der Waals surface area contributed by atoms with E-state index in [1.165, 1.54) is 0 Å². The van der Waals surface area contributed by atoms with E-state index in [0.29, 0.717) is 62.5 Å². The maximum atomic E-state index is 12.3. The molecule has 1 heterocycles. The maximum absolute atomic E-state index is 12.3. The van der Waals surface area contributed by atoms with Crippen LogP contribution in [0, 0.1) is 0 Å². The van der Waals surface area contributed by atoms with Gasteiger partial charge < -0.3 is 19.5 Å². The van der Waals surface area contributed by atoms with Gasteiger partial charge in [-0.05, 0) is 42.7 Å². The van der Waals surface area contributed by atoms with E-state index in [2.05, 4.69) is 5.32 Å². The Balaban J connectivity index is 1.38. The lowest BCUT2D eigenvalue weighted by molar-refractivity contribution is -0.121. The molecule has 1 aliphatic rings. The minimum absolute atomic E-state index is 0.00112. The number of hydrogen-bond acceptors (Lipinski definition) is 5. The zero-order valence-electron chi connectivity index (χ0n) is 16.0. The Morgan fingerprint density at radius 1 is 1.04 bits per heavy atom. The van der Waals surface area contributed by atoms with E-state index in [-0.39, 0.29) is 11.7 Å². The Morgan fingerprint density at radius 2 is 1.82 bits per heavy atom.